The molecule has 0 bridgehead atoms. The van der Waals surface area contributed by atoms with Crippen molar-refractivity contribution in [3.63, 3.8) is 0 Å². The molecule has 3 heteroatoms. The second-order valence-electron chi connectivity index (χ2n) is 3.44. The topological polar surface area (TPSA) is 49.3 Å². The van der Waals surface area contributed by atoms with E-state index in [1.165, 1.54) is 6.92 Å². The first-order valence-electron chi connectivity index (χ1n) is 4.00. The van der Waals surface area contributed by atoms with Crippen LogP contribution in [0.5, 0.6) is 0 Å². The Morgan fingerprint density at radius 3 is 2.55 bits per heavy atom. The van der Waals surface area contributed by atoms with Gasteiger partial charge in [-0.2, -0.15) is 0 Å². The van der Waals surface area contributed by atoms with Gasteiger partial charge in [0, 0.05) is 6.92 Å². The highest BCUT2D eigenvalue weighted by molar-refractivity contribution is 5.74. The molecule has 1 amide bonds. The largest absolute Gasteiger partial charge is 0.394 e. The van der Waals surface area contributed by atoms with Crippen molar-refractivity contribution in [2.24, 2.45) is 5.92 Å². The van der Waals surface area contributed by atoms with Crippen molar-refractivity contribution < 1.29 is 9.90 Å². The van der Waals surface area contributed by atoms with E-state index in [1.807, 2.05) is 0 Å². The molecular formula is C8H15NO2. The number of hydrogen-bond donors (Lipinski definition) is 2. The molecule has 0 aliphatic heterocycles. The van der Waals surface area contributed by atoms with Crippen LogP contribution in [0.3, 0.4) is 0 Å². The lowest BCUT2D eigenvalue weighted by atomic mass is 9.68. The van der Waals surface area contributed by atoms with Crippen LogP contribution in [0.2, 0.25) is 0 Å². The summed E-state index contributed by atoms with van der Waals surface area (Å²) in [6.07, 6.45) is 2.01. The van der Waals surface area contributed by atoms with Crippen LogP contribution >= 0.6 is 0 Å². The minimum atomic E-state index is -0.300. The number of aliphatic hydroxyl groups excluding tert-OH is 1. The number of nitrogens with one attached hydrogen (secondary N) is 1. The van der Waals surface area contributed by atoms with Crippen LogP contribution in [0.25, 0.3) is 0 Å². The van der Waals surface area contributed by atoms with Gasteiger partial charge in [0.05, 0.1) is 12.1 Å². The van der Waals surface area contributed by atoms with Gasteiger partial charge in [-0.05, 0) is 18.8 Å². The average Bonchev–Trinajstić information content (AvgIpc) is 1.96. The molecule has 1 aliphatic rings. The van der Waals surface area contributed by atoms with Crippen LogP contribution in [0, 0.1) is 5.92 Å². The molecule has 0 unspecified atom stereocenters. The Labute approximate surface area is 66.8 Å². The van der Waals surface area contributed by atoms with Crippen LogP contribution in [0.1, 0.15) is 26.7 Å². The molecule has 0 aromatic carbocycles. The van der Waals surface area contributed by atoms with Crippen LogP contribution in [0.15, 0.2) is 0 Å². The number of carbonyl (C=O) groups is 1. The second-order valence-corrected chi connectivity index (χ2v) is 3.44. The van der Waals surface area contributed by atoms with Gasteiger partial charge in [0.2, 0.25) is 5.91 Å². The van der Waals surface area contributed by atoms with Gasteiger partial charge in [0.15, 0.2) is 0 Å². The first-order valence-corrected chi connectivity index (χ1v) is 4.00. The van der Waals surface area contributed by atoms with E-state index >= 15 is 0 Å². The van der Waals surface area contributed by atoms with Crippen LogP contribution < -0.4 is 5.32 Å². The molecule has 3 nitrogen and oxygen atoms in total. The van der Waals surface area contributed by atoms with Crippen molar-refractivity contribution in [1.29, 1.82) is 0 Å². The Morgan fingerprint density at radius 2 is 2.45 bits per heavy atom. The van der Waals surface area contributed by atoms with Crippen molar-refractivity contribution in [3.05, 3.63) is 0 Å². The highest BCUT2D eigenvalue weighted by Gasteiger charge is 2.43. The maximum atomic E-state index is 10.7. The summed E-state index contributed by atoms with van der Waals surface area (Å²) in [5.74, 6) is 0.363. The molecule has 0 aromatic rings. The fourth-order valence-electron chi connectivity index (χ4n) is 1.59. The van der Waals surface area contributed by atoms with E-state index in [0.29, 0.717) is 5.92 Å². The standard InChI is InChI=1S/C8H15NO2/c1-6-3-4-8(6,5-10)9-7(2)11/h6,10H,3-5H2,1-2H3,(H,9,11)/t6-,8+/m0/s1. The first kappa shape index (κ1) is 8.53. The summed E-state index contributed by atoms with van der Waals surface area (Å²) in [5.41, 5.74) is -0.300. The van der Waals surface area contributed by atoms with Crippen LogP contribution in [-0.4, -0.2) is 23.2 Å². The Hall–Kier alpha value is -0.570. The van der Waals surface area contributed by atoms with E-state index in [4.69, 9.17) is 5.11 Å². The number of rotatable bonds is 2. The highest BCUT2D eigenvalue weighted by atomic mass is 16.3. The molecule has 1 saturated carbocycles. The summed E-state index contributed by atoms with van der Waals surface area (Å²) >= 11 is 0. The maximum Gasteiger partial charge on any atom is 0.217 e. The minimum absolute atomic E-state index is 0.0504. The fraction of sp³-hybridized carbons (Fsp3) is 0.875. The third kappa shape index (κ3) is 1.38. The number of amides is 1. The second kappa shape index (κ2) is 2.81. The van der Waals surface area contributed by atoms with Crippen molar-refractivity contribution in [2.45, 2.75) is 32.2 Å². The zero-order valence-electron chi connectivity index (χ0n) is 7.05. The lowest BCUT2D eigenvalue weighted by molar-refractivity contribution is -0.124. The zero-order valence-corrected chi connectivity index (χ0v) is 7.05. The molecule has 2 N–H and O–H groups in total. The molecule has 0 saturated heterocycles. The average molecular weight is 157 g/mol. The van der Waals surface area contributed by atoms with Gasteiger partial charge in [-0.25, -0.2) is 0 Å². The van der Waals surface area contributed by atoms with E-state index in [1.54, 1.807) is 0 Å². The molecular weight excluding hydrogens is 142 g/mol. The number of aliphatic hydroxyl groups is 1. The molecule has 0 aromatic heterocycles. The van der Waals surface area contributed by atoms with Gasteiger partial charge >= 0.3 is 0 Å². The van der Waals surface area contributed by atoms with Gasteiger partial charge in [0.25, 0.3) is 0 Å². The Bertz CT molecular complexity index is 165. The van der Waals surface area contributed by atoms with E-state index in [9.17, 15) is 4.79 Å². The molecule has 0 spiro atoms. The third-order valence-electron chi connectivity index (χ3n) is 2.67. The van der Waals surface area contributed by atoms with Crippen LogP contribution in [-0.2, 0) is 4.79 Å². The predicted molar refractivity (Wildman–Crippen MR) is 42.0 cm³/mol. The highest BCUT2D eigenvalue weighted by Crippen LogP contribution is 2.37. The van der Waals surface area contributed by atoms with E-state index in [-0.39, 0.29) is 18.1 Å². The summed E-state index contributed by atoms with van der Waals surface area (Å²) in [4.78, 5) is 10.7. The Balaban J connectivity index is 2.54. The molecule has 11 heavy (non-hydrogen) atoms. The normalized spacial score (nSPS) is 36.1. The molecule has 1 fully saturated rings. The van der Waals surface area contributed by atoms with Gasteiger partial charge in [-0.15, -0.1) is 0 Å². The number of hydrogen-bond acceptors (Lipinski definition) is 2. The molecule has 0 heterocycles. The summed E-state index contributed by atoms with van der Waals surface area (Å²) in [6, 6.07) is 0. The Morgan fingerprint density at radius 1 is 1.82 bits per heavy atom. The van der Waals surface area contributed by atoms with Crippen molar-refractivity contribution in [3.8, 4) is 0 Å². The summed E-state index contributed by atoms with van der Waals surface area (Å²) < 4.78 is 0. The zero-order chi connectivity index (χ0) is 8.48. The summed E-state index contributed by atoms with van der Waals surface area (Å²) in [7, 11) is 0. The summed E-state index contributed by atoms with van der Waals surface area (Å²) in [5, 5.41) is 11.8. The molecule has 0 radical (unpaired) electrons. The van der Waals surface area contributed by atoms with Crippen molar-refractivity contribution in [2.75, 3.05) is 6.61 Å². The molecule has 1 rings (SSSR count). The summed E-state index contributed by atoms with van der Waals surface area (Å²) in [6.45, 7) is 3.60. The third-order valence-corrected chi connectivity index (χ3v) is 2.67. The van der Waals surface area contributed by atoms with Crippen LogP contribution in [0.4, 0.5) is 0 Å². The van der Waals surface area contributed by atoms with Gasteiger partial charge < -0.3 is 10.4 Å². The Kier molecular flexibility index (Phi) is 2.18. The molecule has 1 aliphatic carbocycles. The van der Waals surface area contributed by atoms with E-state index in [0.717, 1.165) is 12.8 Å². The quantitative estimate of drug-likeness (QED) is 0.605. The lowest BCUT2D eigenvalue weighted by Crippen LogP contribution is -2.61. The van der Waals surface area contributed by atoms with Crippen molar-refractivity contribution in [1.82, 2.24) is 5.32 Å². The molecule has 2 atom stereocenters. The minimum Gasteiger partial charge on any atom is -0.394 e. The number of carbonyl (C=O) groups excluding carboxylic acids is 1. The maximum absolute atomic E-state index is 10.7. The smallest absolute Gasteiger partial charge is 0.217 e. The van der Waals surface area contributed by atoms with E-state index in [2.05, 4.69) is 12.2 Å². The lowest BCUT2D eigenvalue weighted by Gasteiger charge is -2.47. The van der Waals surface area contributed by atoms with Crippen molar-refractivity contribution >= 4 is 5.91 Å². The van der Waals surface area contributed by atoms with Gasteiger partial charge in [0.1, 0.15) is 0 Å². The van der Waals surface area contributed by atoms with Gasteiger partial charge in [-0.3, -0.25) is 4.79 Å². The predicted octanol–water partition coefficient (Wildman–Crippen LogP) is 0.283. The van der Waals surface area contributed by atoms with E-state index < -0.39 is 0 Å². The molecule has 64 valence electrons. The first-order chi connectivity index (χ1) is 5.10. The SMILES string of the molecule is CC(=O)N[C@@]1(CO)CC[C@@H]1C. The fourth-order valence-corrected chi connectivity index (χ4v) is 1.59. The van der Waals surface area contributed by atoms with Gasteiger partial charge in [-0.1, -0.05) is 6.92 Å². The monoisotopic (exact) mass is 157 g/mol.